The van der Waals surface area contributed by atoms with Gasteiger partial charge in [-0.15, -0.1) is 6.58 Å². The maximum atomic E-state index is 13.7. The van der Waals surface area contributed by atoms with Gasteiger partial charge in [0.25, 0.3) is 5.91 Å². The van der Waals surface area contributed by atoms with E-state index in [1.54, 1.807) is 11.0 Å². The Morgan fingerprint density at radius 3 is 3.00 bits per heavy atom. The summed E-state index contributed by atoms with van der Waals surface area (Å²) in [5, 5.41) is 0. The van der Waals surface area contributed by atoms with Crippen LogP contribution in [0.4, 0.5) is 5.69 Å². The molecule has 0 aromatic heterocycles. The molecule has 0 N–H and O–H groups in total. The average Bonchev–Trinajstić information content (AvgIpc) is 3.25. The number of fused-ring (bicyclic) bond motifs is 4. The molecule has 2 fully saturated rings. The average molecular weight is 340 g/mol. The maximum absolute atomic E-state index is 13.7. The molecule has 3 aliphatic rings. The largest absolute Gasteiger partial charge is 0.466 e. The van der Waals surface area contributed by atoms with E-state index in [9.17, 15) is 9.59 Å². The van der Waals surface area contributed by atoms with Gasteiger partial charge in [-0.25, -0.2) is 0 Å². The Morgan fingerprint density at radius 1 is 1.44 bits per heavy atom. The first-order valence-electron chi connectivity index (χ1n) is 9.12. The first kappa shape index (κ1) is 16.3. The molecular weight excluding hydrogens is 316 g/mol. The Balaban J connectivity index is 1.90. The van der Waals surface area contributed by atoms with Crippen LogP contribution in [0.3, 0.4) is 0 Å². The monoisotopic (exact) mass is 340 g/mol. The van der Waals surface area contributed by atoms with Crippen molar-refractivity contribution in [3.63, 3.8) is 0 Å². The minimum atomic E-state index is -0.910. The van der Waals surface area contributed by atoms with Gasteiger partial charge >= 0.3 is 5.97 Å². The zero-order valence-corrected chi connectivity index (χ0v) is 14.6. The van der Waals surface area contributed by atoms with E-state index in [2.05, 4.69) is 11.5 Å². The van der Waals surface area contributed by atoms with Crippen LogP contribution in [0, 0.1) is 5.92 Å². The zero-order chi connectivity index (χ0) is 17.6. The highest BCUT2D eigenvalue weighted by atomic mass is 16.5. The smallest absolute Gasteiger partial charge is 0.311 e. The van der Waals surface area contributed by atoms with Crippen molar-refractivity contribution in [2.45, 2.75) is 37.8 Å². The molecule has 1 spiro atoms. The summed E-state index contributed by atoms with van der Waals surface area (Å²) in [5.41, 5.74) is 0.936. The second kappa shape index (κ2) is 5.99. The van der Waals surface area contributed by atoms with Crippen molar-refractivity contribution in [3.05, 3.63) is 42.5 Å². The van der Waals surface area contributed by atoms with Crippen molar-refractivity contribution in [1.82, 2.24) is 4.90 Å². The summed E-state index contributed by atoms with van der Waals surface area (Å²) in [7, 11) is 0. The molecule has 0 unspecified atom stereocenters. The number of carbonyl (C=O) groups is 2. The molecule has 0 radical (unpaired) electrons. The Bertz CT molecular complexity index is 731. The van der Waals surface area contributed by atoms with E-state index < -0.39 is 11.5 Å². The van der Waals surface area contributed by atoms with Crippen molar-refractivity contribution in [2.24, 2.45) is 5.92 Å². The number of carbonyl (C=O) groups excluding carboxylic acids is 2. The van der Waals surface area contributed by atoms with Gasteiger partial charge in [0.2, 0.25) is 0 Å². The minimum Gasteiger partial charge on any atom is -0.466 e. The van der Waals surface area contributed by atoms with Gasteiger partial charge < -0.3 is 9.64 Å². The van der Waals surface area contributed by atoms with Crippen LogP contribution in [0.2, 0.25) is 0 Å². The topological polar surface area (TPSA) is 49.9 Å². The lowest BCUT2D eigenvalue weighted by Gasteiger charge is -2.36. The molecule has 5 heteroatoms. The Labute approximate surface area is 148 Å². The highest BCUT2D eigenvalue weighted by molar-refractivity contribution is 6.10. The third-order valence-electron chi connectivity index (χ3n) is 5.90. The number of nitrogens with zero attached hydrogens (tertiary/aromatic N) is 2. The summed E-state index contributed by atoms with van der Waals surface area (Å²) in [5.74, 6) is -0.697. The highest BCUT2D eigenvalue weighted by Gasteiger charge is 2.67. The second-order valence-electron chi connectivity index (χ2n) is 7.02. The molecule has 25 heavy (non-hydrogen) atoms. The molecule has 3 heterocycles. The van der Waals surface area contributed by atoms with E-state index >= 15 is 0 Å². The number of ether oxygens (including phenoxy) is 1. The summed E-state index contributed by atoms with van der Waals surface area (Å²) in [4.78, 5) is 30.5. The van der Waals surface area contributed by atoms with Gasteiger partial charge in [0.15, 0.2) is 0 Å². The fourth-order valence-corrected chi connectivity index (χ4v) is 5.08. The second-order valence-corrected chi connectivity index (χ2v) is 7.02. The third-order valence-corrected chi connectivity index (χ3v) is 5.90. The molecule has 3 atom stereocenters. The number of para-hydroxylation sites is 1. The third kappa shape index (κ3) is 2.05. The molecule has 132 valence electrons. The van der Waals surface area contributed by atoms with Crippen molar-refractivity contribution in [1.29, 1.82) is 0 Å². The number of esters is 1. The molecule has 4 rings (SSSR count). The molecule has 1 aromatic rings. The molecule has 1 amide bonds. The van der Waals surface area contributed by atoms with Gasteiger partial charge in [-0.1, -0.05) is 24.3 Å². The summed E-state index contributed by atoms with van der Waals surface area (Å²) in [6.45, 7) is 7.25. The lowest BCUT2D eigenvalue weighted by Crippen LogP contribution is -2.55. The van der Waals surface area contributed by atoms with Crippen LogP contribution >= 0.6 is 0 Å². The predicted molar refractivity (Wildman–Crippen MR) is 95.1 cm³/mol. The van der Waals surface area contributed by atoms with Crippen LogP contribution in [-0.4, -0.2) is 42.5 Å². The summed E-state index contributed by atoms with van der Waals surface area (Å²) >= 11 is 0. The molecule has 0 aliphatic carbocycles. The van der Waals surface area contributed by atoms with Gasteiger partial charge in [-0.05, 0) is 38.8 Å². The summed E-state index contributed by atoms with van der Waals surface area (Å²) in [6.07, 6.45) is 4.54. The number of benzene rings is 1. The van der Waals surface area contributed by atoms with E-state index in [0.29, 0.717) is 19.6 Å². The lowest BCUT2D eigenvalue weighted by atomic mass is 9.79. The normalized spacial score (nSPS) is 30.6. The number of rotatable bonds is 4. The SMILES string of the molecule is C=CCN1C(=O)[C@]2(c3ccccc31)[C@H](C(=O)OCC)C[C@@H]1CCCN12. The van der Waals surface area contributed by atoms with Crippen LogP contribution in [-0.2, 0) is 19.9 Å². The van der Waals surface area contributed by atoms with Crippen LogP contribution in [0.15, 0.2) is 36.9 Å². The number of hydrogen-bond acceptors (Lipinski definition) is 4. The lowest BCUT2D eigenvalue weighted by molar-refractivity contribution is -0.155. The van der Waals surface area contributed by atoms with E-state index in [1.165, 1.54) is 0 Å². The van der Waals surface area contributed by atoms with Gasteiger partial charge in [0, 0.05) is 23.8 Å². The summed E-state index contributed by atoms with van der Waals surface area (Å²) in [6, 6.07) is 8.14. The fourth-order valence-electron chi connectivity index (χ4n) is 5.08. The van der Waals surface area contributed by atoms with Crippen molar-refractivity contribution >= 4 is 17.6 Å². The standard InChI is InChI=1S/C20H24N2O3/c1-3-11-21-17-10-6-5-9-15(17)20(19(21)24)16(18(23)25-4-2)13-14-8-7-12-22(14)20/h3,5-6,9-10,14,16H,1,4,7-8,11-13H2,2H3/t14-,16-,20-/m0/s1. The van der Waals surface area contributed by atoms with E-state index in [0.717, 1.165) is 30.6 Å². The Kier molecular flexibility index (Phi) is 3.91. The Hall–Kier alpha value is -2.14. The van der Waals surface area contributed by atoms with Crippen LogP contribution in [0.1, 0.15) is 31.7 Å². The predicted octanol–water partition coefficient (Wildman–Crippen LogP) is 2.46. The summed E-state index contributed by atoms with van der Waals surface area (Å²) < 4.78 is 5.38. The van der Waals surface area contributed by atoms with Gasteiger partial charge in [-0.2, -0.15) is 0 Å². The first-order valence-corrected chi connectivity index (χ1v) is 9.12. The first-order chi connectivity index (χ1) is 12.2. The van der Waals surface area contributed by atoms with Crippen LogP contribution in [0.25, 0.3) is 0 Å². The molecule has 0 saturated carbocycles. The molecule has 0 bridgehead atoms. The van der Waals surface area contributed by atoms with Gasteiger partial charge in [0.05, 0.1) is 12.5 Å². The van der Waals surface area contributed by atoms with Crippen LogP contribution < -0.4 is 4.90 Å². The fraction of sp³-hybridized carbons (Fsp3) is 0.500. The zero-order valence-electron chi connectivity index (χ0n) is 14.6. The number of hydrogen-bond donors (Lipinski definition) is 0. The van der Waals surface area contributed by atoms with E-state index in [4.69, 9.17) is 4.74 Å². The number of anilines is 1. The highest BCUT2D eigenvalue weighted by Crippen LogP contribution is 2.57. The number of amides is 1. The van der Waals surface area contributed by atoms with Crippen LogP contribution in [0.5, 0.6) is 0 Å². The van der Waals surface area contributed by atoms with E-state index in [1.807, 2.05) is 31.2 Å². The molecular formula is C20H24N2O3. The molecule has 2 saturated heterocycles. The maximum Gasteiger partial charge on any atom is 0.311 e. The quantitative estimate of drug-likeness (QED) is 0.624. The van der Waals surface area contributed by atoms with Crippen molar-refractivity contribution in [2.75, 3.05) is 24.6 Å². The molecule has 3 aliphatic heterocycles. The molecule has 1 aromatic carbocycles. The molecule has 5 nitrogen and oxygen atoms in total. The van der Waals surface area contributed by atoms with Crippen molar-refractivity contribution < 1.29 is 14.3 Å². The van der Waals surface area contributed by atoms with Gasteiger partial charge in [-0.3, -0.25) is 14.5 Å². The van der Waals surface area contributed by atoms with E-state index in [-0.39, 0.29) is 17.9 Å². The Morgan fingerprint density at radius 2 is 2.24 bits per heavy atom. The van der Waals surface area contributed by atoms with Crippen molar-refractivity contribution in [3.8, 4) is 0 Å². The minimum absolute atomic E-state index is 0.00365. The van der Waals surface area contributed by atoms with Gasteiger partial charge in [0.1, 0.15) is 5.54 Å².